The van der Waals surface area contributed by atoms with Gasteiger partial charge in [-0.25, -0.2) is 22.6 Å². The number of sulfonamides is 1. The lowest BCUT2D eigenvalue weighted by molar-refractivity contribution is -0.141. The smallest absolute Gasteiger partial charge is 0.405 e. The molecule has 0 radical (unpaired) electrons. The fourth-order valence-corrected chi connectivity index (χ4v) is 9.13. The largest absolute Gasteiger partial charge is 0.483 e. The lowest BCUT2D eigenvalue weighted by Gasteiger charge is -2.36. The highest BCUT2D eigenvalue weighted by atomic mass is 32.2. The number of halogens is 1. The maximum atomic E-state index is 14.4. The van der Waals surface area contributed by atoms with Crippen LogP contribution in [0.1, 0.15) is 82.4 Å². The third-order valence-electron chi connectivity index (χ3n) is 11.2. The molecule has 4 N–H and O–H groups in total. The molecule has 5 atom stereocenters. The number of carboxylic acid groups (broad SMARTS) is 1. The predicted molar refractivity (Wildman–Crippen MR) is 179 cm³/mol. The molecule has 5 aliphatic rings. The molecule has 2 saturated carbocycles. The molecule has 50 heavy (non-hydrogen) atoms. The summed E-state index contributed by atoms with van der Waals surface area (Å²) in [6.45, 7) is 3.29. The number of fused-ring (bicyclic) bond motifs is 5. The zero-order valence-corrected chi connectivity index (χ0v) is 28.9. The first-order chi connectivity index (χ1) is 23.7. The Balaban J connectivity index is 1.23. The fraction of sp³-hybridized carbons (Fsp3) is 0.571. The van der Waals surface area contributed by atoms with Crippen molar-refractivity contribution in [1.82, 2.24) is 25.2 Å². The van der Waals surface area contributed by atoms with Gasteiger partial charge in [0.25, 0.3) is 5.91 Å². The normalized spacial score (nSPS) is 31.2. The second-order valence-electron chi connectivity index (χ2n) is 14.9. The van der Waals surface area contributed by atoms with Gasteiger partial charge in [0.05, 0.1) is 22.5 Å². The monoisotopic (exact) mass is 711 g/mol. The molecule has 0 unspecified atom stereocenters. The van der Waals surface area contributed by atoms with Crippen LogP contribution in [0.4, 0.5) is 9.18 Å². The summed E-state index contributed by atoms with van der Waals surface area (Å²) in [6.07, 6.45) is 7.29. The van der Waals surface area contributed by atoms with E-state index in [1.54, 1.807) is 19.9 Å². The second-order valence-corrected chi connectivity index (χ2v) is 17.1. The van der Waals surface area contributed by atoms with Crippen LogP contribution in [0.3, 0.4) is 0 Å². The van der Waals surface area contributed by atoms with Gasteiger partial charge in [-0.1, -0.05) is 25.0 Å². The molecule has 4 heterocycles. The van der Waals surface area contributed by atoms with Crippen LogP contribution < -0.4 is 20.1 Å². The van der Waals surface area contributed by atoms with Gasteiger partial charge in [-0.05, 0) is 77.3 Å². The van der Waals surface area contributed by atoms with Crippen LogP contribution in [0.5, 0.6) is 5.75 Å². The van der Waals surface area contributed by atoms with Crippen molar-refractivity contribution >= 4 is 44.7 Å². The van der Waals surface area contributed by atoms with E-state index in [0.29, 0.717) is 55.5 Å². The van der Waals surface area contributed by atoms with Gasteiger partial charge in [0.1, 0.15) is 34.8 Å². The van der Waals surface area contributed by atoms with E-state index in [2.05, 4.69) is 20.3 Å². The number of rotatable bonds is 4. The second kappa shape index (κ2) is 12.2. The summed E-state index contributed by atoms with van der Waals surface area (Å²) in [5, 5.41) is 15.6. The van der Waals surface area contributed by atoms with Crippen LogP contribution in [0, 0.1) is 18.7 Å². The molecule has 3 aliphatic heterocycles. The Labute approximate surface area is 289 Å². The van der Waals surface area contributed by atoms with Crippen molar-refractivity contribution in [3.63, 3.8) is 0 Å². The van der Waals surface area contributed by atoms with Crippen molar-refractivity contribution in [2.75, 3.05) is 6.54 Å². The molecule has 1 saturated heterocycles. The van der Waals surface area contributed by atoms with E-state index in [1.165, 1.54) is 17.0 Å². The minimum Gasteiger partial charge on any atom is -0.483 e. The van der Waals surface area contributed by atoms with Crippen molar-refractivity contribution in [2.45, 2.75) is 112 Å². The van der Waals surface area contributed by atoms with E-state index in [9.17, 15) is 37.1 Å². The van der Waals surface area contributed by atoms with Gasteiger partial charge in [0, 0.05) is 29.4 Å². The summed E-state index contributed by atoms with van der Waals surface area (Å²) < 4.78 is 48.1. The minimum atomic E-state index is -4.00. The van der Waals surface area contributed by atoms with Gasteiger partial charge in [-0.15, -0.1) is 0 Å². The SMILES string of the molecule is Cc1nc2cc(F)ccc2c2c1O[C@]1(CC2)C[C@H]2C(=O)N[C@]3(C(=O)NS(=O)(=O)C4(C)CC4)C[C@H]3/C=C\CCCCC[C@H](NC(=O)O)C(=O)N2C1. The molecular weight excluding hydrogens is 669 g/mol. The molecule has 7 rings (SSSR count). The zero-order chi connectivity index (χ0) is 35.6. The average molecular weight is 712 g/mol. The van der Waals surface area contributed by atoms with Crippen molar-refractivity contribution in [3.05, 3.63) is 47.4 Å². The number of aromatic nitrogens is 1. The number of aryl methyl sites for hydroxylation is 2. The lowest BCUT2D eigenvalue weighted by Crippen LogP contribution is -2.58. The summed E-state index contributed by atoms with van der Waals surface area (Å²) in [5.41, 5.74) is -0.725. The summed E-state index contributed by atoms with van der Waals surface area (Å²) >= 11 is 0. The van der Waals surface area contributed by atoms with E-state index in [-0.39, 0.29) is 25.8 Å². The van der Waals surface area contributed by atoms with E-state index in [1.807, 2.05) is 12.2 Å². The first-order valence-corrected chi connectivity index (χ1v) is 18.8. The Bertz CT molecular complexity index is 1930. The predicted octanol–water partition coefficient (Wildman–Crippen LogP) is 3.38. The number of allylic oxidation sites excluding steroid dienone is 1. The highest BCUT2D eigenvalue weighted by Gasteiger charge is 2.64. The number of nitrogens with zero attached hydrogens (tertiary/aromatic N) is 2. The molecule has 268 valence electrons. The number of amides is 4. The van der Waals surface area contributed by atoms with Crippen LogP contribution in [-0.4, -0.2) is 81.7 Å². The average Bonchev–Trinajstić information content (AvgIpc) is 3.94. The lowest BCUT2D eigenvalue weighted by atomic mass is 9.87. The van der Waals surface area contributed by atoms with Crippen LogP contribution >= 0.6 is 0 Å². The van der Waals surface area contributed by atoms with Crippen molar-refractivity contribution < 1.29 is 41.8 Å². The number of ether oxygens (including phenoxy) is 1. The van der Waals surface area contributed by atoms with Gasteiger partial charge >= 0.3 is 6.09 Å². The molecule has 2 aliphatic carbocycles. The molecule has 4 amide bonds. The highest BCUT2D eigenvalue weighted by molar-refractivity contribution is 7.91. The van der Waals surface area contributed by atoms with Gasteiger partial charge < -0.3 is 25.4 Å². The summed E-state index contributed by atoms with van der Waals surface area (Å²) in [4.78, 5) is 60.1. The molecule has 1 aromatic heterocycles. The van der Waals surface area contributed by atoms with E-state index < -0.39 is 73.5 Å². The molecular formula is C35H42FN5O8S. The Morgan fingerprint density at radius 1 is 1.14 bits per heavy atom. The highest BCUT2D eigenvalue weighted by Crippen LogP contribution is 2.49. The molecule has 3 fully saturated rings. The topological polar surface area (TPSA) is 184 Å². The Kier molecular flexibility index (Phi) is 8.34. The first kappa shape index (κ1) is 34.2. The Morgan fingerprint density at radius 2 is 1.92 bits per heavy atom. The molecule has 15 heteroatoms. The minimum absolute atomic E-state index is 0.0304. The van der Waals surface area contributed by atoms with Gasteiger partial charge in [-0.2, -0.15) is 0 Å². The number of carbonyl (C=O) groups is 4. The molecule has 13 nitrogen and oxygen atoms in total. The summed E-state index contributed by atoms with van der Waals surface area (Å²) in [5.74, 6) is -2.42. The van der Waals surface area contributed by atoms with Crippen LogP contribution in [0.25, 0.3) is 10.9 Å². The molecule has 1 spiro atoms. The van der Waals surface area contributed by atoms with E-state index in [4.69, 9.17) is 4.74 Å². The van der Waals surface area contributed by atoms with Crippen LogP contribution in [-0.2, 0) is 30.8 Å². The number of hydrogen-bond donors (Lipinski definition) is 4. The van der Waals surface area contributed by atoms with Crippen molar-refractivity contribution in [1.29, 1.82) is 0 Å². The first-order valence-electron chi connectivity index (χ1n) is 17.3. The van der Waals surface area contributed by atoms with Crippen molar-refractivity contribution in [2.24, 2.45) is 5.92 Å². The Morgan fingerprint density at radius 3 is 2.66 bits per heavy atom. The number of carbonyl (C=O) groups excluding carboxylic acids is 3. The number of pyridine rings is 1. The molecule has 1 aromatic carbocycles. The van der Waals surface area contributed by atoms with Gasteiger partial charge in [0.2, 0.25) is 21.8 Å². The van der Waals surface area contributed by atoms with Crippen molar-refractivity contribution in [3.8, 4) is 5.75 Å². The quantitative estimate of drug-likeness (QED) is 0.346. The zero-order valence-electron chi connectivity index (χ0n) is 28.1. The third-order valence-corrected chi connectivity index (χ3v) is 13.4. The number of hydrogen-bond acceptors (Lipinski definition) is 8. The molecule has 0 bridgehead atoms. The van der Waals surface area contributed by atoms with Gasteiger partial charge in [0.15, 0.2) is 0 Å². The maximum absolute atomic E-state index is 14.4. The van der Waals surface area contributed by atoms with Gasteiger partial charge in [-0.3, -0.25) is 19.1 Å². The fourth-order valence-electron chi connectivity index (χ4n) is 7.82. The third kappa shape index (κ3) is 6.07. The van der Waals surface area contributed by atoms with E-state index in [0.717, 1.165) is 23.8 Å². The molecule has 2 aromatic rings. The van der Waals surface area contributed by atoms with Crippen LogP contribution in [0.15, 0.2) is 30.4 Å². The maximum Gasteiger partial charge on any atom is 0.405 e. The summed E-state index contributed by atoms with van der Waals surface area (Å²) in [6, 6.07) is 2.11. The summed E-state index contributed by atoms with van der Waals surface area (Å²) in [7, 11) is -4.00. The van der Waals surface area contributed by atoms with E-state index >= 15 is 0 Å². The standard InChI is InChI=1S/C35H42FN5O8S/c1-20-28-24(23-11-10-22(36)16-26(23)37-20)12-13-34(49-28)18-27-29(42)39-35(31(44)40-50(47,48)33(2)14-15-33)17-21(35)8-6-4-3-5-7-9-25(38-32(45)46)30(43)41(27)19-34/h6,8,10-11,16,21,25,27,38H,3-5,7,9,12-15,17-19H2,1-2H3,(H,39,42)(H,40,44)(H,45,46)/b8-6-/t21-,25+,27+,34-,35-/m1/s1. The Hall–Kier alpha value is -4.27. The number of benzene rings is 1. The van der Waals surface area contributed by atoms with Crippen LogP contribution in [0.2, 0.25) is 0 Å². The number of nitrogens with one attached hydrogen (secondary N) is 3.